The first-order chi connectivity index (χ1) is 13.6. The number of hydrogen-bond donors (Lipinski definition) is 0. The number of benzene rings is 1. The van der Waals surface area contributed by atoms with Crippen molar-refractivity contribution in [1.29, 1.82) is 0 Å². The van der Waals surface area contributed by atoms with Gasteiger partial charge in [0.1, 0.15) is 4.32 Å². The number of amides is 2. The molecule has 150 valence electrons. The molecule has 1 saturated heterocycles. The molecular formula is C22H28N2O2S2. The van der Waals surface area contributed by atoms with E-state index in [0.717, 1.165) is 30.5 Å². The zero-order valence-electron chi connectivity index (χ0n) is 16.7. The Labute approximate surface area is 177 Å². The number of anilines is 1. The van der Waals surface area contributed by atoms with E-state index in [2.05, 4.69) is 6.92 Å². The van der Waals surface area contributed by atoms with Crippen LogP contribution in [0.15, 0.2) is 29.2 Å². The lowest BCUT2D eigenvalue weighted by Gasteiger charge is -2.15. The van der Waals surface area contributed by atoms with Gasteiger partial charge in [0, 0.05) is 18.7 Å². The van der Waals surface area contributed by atoms with Gasteiger partial charge in [0.05, 0.1) is 16.2 Å². The van der Waals surface area contributed by atoms with Gasteiger partial charge in [-0.1, -0.05) is 88.1 Å². The standard InChI is InChI=1S/C22H28N2O2S2/c1-3-5-6-7-8-11-15-24-21(26)19(28-22(24)27)18-16-12-9-10-13-17(16)23(14-4-2)20(18)25/h9-10,12-13H,3-8,11,14-15H2,1-2H3/b19-18+. The fourth-order valence-electron chi connectivity index (χ4n) is 3.74. The molecule has 1 aromatic rings. The molecular weight excluding hydrogens is 388 g/mol. The van der Waals surface area contributed by atoms with Gasteiger partial charge in [-0.25, -0.2) is 0 Å². The van der Waals surface area contributed by atoms with E-state index in [1.807, 2.05) is 31.2 Å². The normalized spacial score (nSPS) is 19.1. The van der Waals surface area contributed by atoms with Crippen LogP contribution in [0.4, 0.5) is 5.69 Å². The van der Waals surface area contributed by atoms with E-state index in [0.29, 0.717) is 27.9 Å². The number of thioether (sulfide) groups is 1. The third-order valence-electron chi connectivity index (χ3n) is 5.18. The maximum absolute atomic E-state index is 13.1. The lowest BCUT2D eigenvalue weighted by Crippen LogP contribution is -2.30. The van der Waals surface area contributed by atoms with Crippen LogP contribution in [0.5, 0.6) is 0 Å². The molecule has 0 aliphatic carbocycles. The number of nitrogens with zero attached hydrogens (tertiary/aromatic N) is 2. The quantitative estimate of drug-likeness (QED) is 0.308. The van der Waals surface area contributed by atoms with Crippen molar-refractivity contribution in [3.8, 4) is 0 Å². The number of carbonyl (C=O) groups excluding carboxylic acids is 2. The second-order valence-corrected chi connectivity index (χ2v) is 8.91. The van der Waals surface area contributed by atoms with Crippen LogP contribution in [0.2, 0.25) is 0 Å². The minimum atomic E-state index is -0.111. The molecule has 0 atom stereocenters. The van der Waals surface area contributed by atoms with Gasteiger partial charge in [-0.3, -0.25) is 14.5 Å². The Morgan fingerprint density at radius 2 is 1.57 bits per heavy atom. The van der Waals surface area contributed by atoms with Crippen LogP contribution < -0.4 is 4.90 Å². The molecule has 4 nitrogen and oxygen atoms in total. The van der Waals surface area contributed by atoms with Crippen molar-refractivity contribution in [3.05, 3.63) is 34.7 Å². The van der Waals surface area contributed by atoms with Gasteiger partial charge in [0.25, 0.3) is 11.8 Å². The fraction of sp³-hybridized carbons (Fsp3) is 0.500. The molecule has 0 saturated carbocycles. The van der Waals surface area contributed by atoms with E-state index in [-0.39, 0.29) is 11.8 Å². The highest BCUT2D eigenvalue weighted by Crippen LogP contribution is 2.44. The van der Waals surface area contributed by atoms with Crippen molar-refractivity contribution in [2.75, 3.05) is 18.0 Å². The largest absolute Gasteiger partial charge is 0.308 e. The minimum absolute atomic E-state index is 0.0804. The number of rotatable bonds is 9. The SMILES string of the molecule is CCCCCCCCN1C(=O)/C(=C2\C(=O)N(CCC)c3ccccc32)SC1=S. The van der Waals surface area contributed by atoms with Crippen LogP contribution >= 0.6 is 24.0 Å². The molecule has 0 spiro atoms. The maximum Gasteiger partial charge on any atom is 0.267 e. The predicted molar refractivity (Wildman–Crippen MR) is 121 cm³/mol. The molecule has 0 N–H and O–H groups in total. The lowest BCUT2D eigenvalue weighted by atomic mass is 10.1. The monoisotopic (exact) mass is 416 g/mol. The molecule has 0 radical (unpaired) electrons. The Morgan fingerprint density at radius 3 is 2.32 bits per heavy atom. The van der Waals surface area contributed by atoms with E-state index >= 15 is 0 Å². The third kappa shape index (κ3) is 4.18. The highest BCUT2D eigenvalue weighted by atomic mass is 32.2. The lowest BCUT2D eigenvalue weighted by molar-refractivity contribution is -0.122. The summed E-state index contributed by atoms with van der Waals surface area (Å²) in [4.78, 5) is 30.1. The Morgan fingerprint density at radius 1 is 0.857 bits per heavy atom. The molecule has 0 bridgehead atoms. The maximum atomic E-state index is 13.1. The van der Waals surface area contributed by atoms with E-state index in [1.165, 1.54) is 37.4 Å². The first-order valence-electron chi connectivity index (χ1n) is 10.3. The van der Waals surface area contributed by atoms with Crippen LogP contribution in [0.1, 0.15) is 64.4 Å². The number of carbonyl (C=O) groups is 2. The van der Waals surface area contributed by atoms with Gasteiger partial charge in [-0.05, 0) is 18.9 Å². The van der Waals surface area contributed by atoms with Gasteiger partial charge < -0.3 is 4.90 Å². The van der Waals surface area contributed by atoms with Crippen LogP contribution in [-0.4, -0.2) is 34.1 Å². The predicted octanol–water partition coefficient (Wildman–Crippen LogP) is 5.38. The highest BCUT2D eigenvalue weighted by Gasteiger charge is 2.41. The summed E-state index contributed by atoms with van der Waals surface area (Å²) in [5.74, 6) is -0.192. The number of thiocarbonyl (C=S) groups is 1. The average molecular weight is 417 g/mol. The van der Waals surface area contributed by atoms with Crippen molar-refractivity contribution < 1.29 is 9.59 Å². The van der Waals surface area contributed by atoms with E-state index in [4.69, 9.17) is 12.2 Å². The van der Waals surface area contributed by atoms with E-state index in [9.17, 15) is 9.59 Å². The molecule has 2 amide bonds. The zero-order chi connectivity index (χ0) is 20.1. The molecule has 2 heterocycles. The van der Waals surface area contributed by atoms with Crippen molar-refractivity contribution in [3.63, 3.8) is 0 Å². The second kappa shape index (κ2) is 9.70. The zero-order valence-corrected chi connectivity index (χ0v) is 18.3. The summed E-state index contributed by atoms with van der Waals surface area (Å²) in [6.07, 6.45) is 7.86. The first-order valence-corrected chi connectivity index (χ1v) is 11.5. The van der Waals surface area contributed by atoms with Crippen molar-refractivity contribution >= 4 is 51.4 Å². The molecule has 2 aliphatic rings. The first kappa shape index (κ1) is 21.1. The highest BCUT2D eigenvalue weighted by molar-refractivity contribution is 8.26. The molecule has 1 aromatic carbocycles. The van der Waals surface area contributed by atoms with Gasteiger partial charge in [-0.2, -0.15) is 0 Å². The Bertz CT molecular complexity index is 803. The molecule has 28 heavy (non-hydrogen) atoms. The summed E-state index contributed by atoms with van der Waals surface area (Å²) < 4.78 is 0.570. The molecule has 2 aliphatic heterocycles. The summed E-state index contributed by atoms with van der Waals surface area (Å²) in [6.45, 7) is 5.55. The molecule has 0 unspecified atom stereocenters. The Balaban J connectivity index is 1.78. The molecule has 6 heteroatoms. The van der Waals surface area contributed by atoms with Crippen molar-refractivity contribution in [1.82, 2.24) is 4.90 Å². The van der Waals surface area contributed by atoms with Crippen LogP contribution in [0, 0.1) is 0 Å². The number of fused-ring (bicyclic) bond motifs is 1. The summed E-state index contributed by atoms with van der Waals surface area (Å²) in [5, 5.41) is 0. The van der Waals surface area contributed by atoms with Gasteiger partial charge in [-0.15, -0.1) is 0 Å². The van der Waals surface area contributed by atoms with Crippen LogP contribution in [0.3, 0.4) is 0 Å². The Hall–Kier alpha value is -1.66. The topological polar surface area (TPSA) is 40.6 Å². The summed E-state index contributed by atoms with van der Waals surface area (Å²) >= 11 is 6.75. The smallest absolute Gasteiger partial charge is 0.267 e. The number of para-hydroxylation sites is 1. The summed E-state index contributed by atoms with van der Waals surface area (Å²) in [7, 11) is 0. The van der Waals surface area contributed by atoms with Crippen LogP contribution in [0.25, 0.3) is 5.57 Å². The second-order valence-electron chi connectivity index (χ2n) is 7.27. The van der Waals surface area contributed by atoms with E-state index < -0.39 is 0 Å². The number of hydrogen-bond acceptors (Lipinski definition) is 4. The van der Waals surface area contributed by atoms with Gasteiger partial charge >= 0.3 is 0 Å². The number of unbranched alkanes of at least 4 members (excludes halogenated alkanes) is 5. The molecule has 3 rings (SSSR count). The van der Waals surface area contributed by atoms with Gasteiger partial charge in [0.15, 0.2) is 0 Å². The summed E-state index contributed by atoms with van der Waals surface area (Å²) in [6, 6.07) is 7.73. The van der Waals surface area contributed by atoms with Crippen LogP contribution in [-0.2, 0) is 9.59 Å². The van der Waals surface area contributed by atoms with E-state index in [1.54, 1.807) is 9.80 Å². The molecule has 0 aromatic heterocycles. The Kier molecular flexibility index (Phi) is 7.30. The van der Waals surface area contributed by atoms with Gasteiger partial charge in [0.2, 0.25) is 0 Å². The van der Waals surface area contributed by atoms with Crippen molar-refractivity contribution in [2.24, 2.45) is 0 Å². The molecule has 1 fully saturated rings. The third-order valence-corrected chi connectivity index (χ3v) is 6.63. The average Bonchev–Trinajstić information content (AvgIpc) is 3.12. The fourth-order valence-corrected chi connectivity index (χ4v) is 5.12. The van der Waals surface area contributed by atoms with Crippen molar-refractivity contribution in [2.45, 2.75) is 58.8 Å². The summed E-state index contributed by atoms with van der Waals surface area (Å²) in [5.41, 5.74) is 2.26. The minimum Gasteiger partial charge on any atom is -0.308 e.